The number of ether oxygens (including phenoxy) is 1. The van der Waals surface area contributed by atoms with E-state index in [-0.39, 0.29) is 0 Å². The standard InChI is InChI=1S/C26H17F3N4O/c1-34-16-9-6-14(7-10-16)23-24-18(17-4-2-3-5-19(17)30-24)13-22(31-23)25-32-20-11-8-15(26(27,28)29)12-21(20)33-25/h2-13,30H,1H3,(H,32,33). The summed E-state index contributed by atoms with van der Waals surface area (Å²) in [5.41, 5.74) is 3.96. The highest BCUT2D eigenvalue weighted by Gasteiger charge is 2.30. The largest absolute Gasteiger partial charge is 0.497 e. The van der Waals surface area contributed by atoms with Crippen molar-refractivity contribution in [3.63, 3.8) is 0 Å². The van der Waals surface area contributed by atoms with Gasteiger partial charge < -0.3 is 14.7 Å². The van der Waals surface area contributed by atoms with E-state index in [0.29, 0.717) is 28.2 Å². The van der Waals surface area contributed by atoms with Gasteiger partial charge in [-0.05, 0) is 54.6 Å². The third-order valence-corrected chi connectivity index (χ3v) is 5.91. The van der Waals surface area contributed by atoms with E-state index >= 15 is 0 Å². The normalized spacial score (nSPS) is 12.1. The van der Waals surface area contributed by atoms with Crippen molar-refractivity contribution in [3.05, 3.63) is 78.4 Å². The molecule has 0 spiro atoms. The first-order valence-corrected chi connectivity index (χ1v) is 10.5. The van der Waals surface area contributed by atoms with Crippen molar-refractivity contribution < 1.29 is 17.9 Å². The average molecular weight is 458 g/mol. The number of aromatic nitrogens is 4. The predicted molar refractivity (Wildman–Crippen MR) is 126 cm³/mol. The molecule has 0 aliphatic heterocycles. The first kappa shape index (κ1) is 20.3. The van der Waals surface area contributed by atoms with Gasteiger partial charge in [0.1, 0.15) is 11.4 Å². The number of nitrogens with zero attached hydrogens (tertiary/aromatic N) is 2. The third-order valence-electron chi connectivity index (χ3n) is 5.91. The predicted octanol–water partition coefficient (Wildman–Crippen LogP) is 6.95. The van der Waals surface area contributed by atoms with Crippen molar-refractivity contribution in [3.8, 4) is 28.5 Å². The molecule has 0 unspecified atom stereocenters. The molecule has 6 rings (SSSR count). The van der Waals surface area contributed by atoms with Gasteiger partial charge in [-0.1, -0.05) is 18.2 Å². The SMILES string of the molecule is COc1ccc(-c2nc(-c3nc4ccc(C(F)(F)F)cc4[nH]3)cc3c2[nH]c2ccccc23)cc1. The van der Waals surface area contributed by atoms with E-state index in [0.717, 1.165) is 45.3 Å². The zero-order valence-corrected chi connectivity index (χ0v) is 17.9. The van der Waals surface area contributed by atoms with Crippen LogP contribution in [-0.4, -0.2) is 27.0 Å². The van der Waals surface area contributed by atoms with Crippen LogP contribution in [0.4, 0.5) is 13.2 Å². The third kappa shape index (κ3) is 3.26. The zero-order chi connectivity index (χ0) is 23.4. The maximum Gasteiger partial charge on any atom is 0.416 e. The Labute approximate surface area is 191 Å². The molecule has 0 radical (unpaired) electrons. The summed E-state index contributed by atoms with van der Waals surface area (Å²) in [6.07, 6.45) is -4.43. The monoisotopic (exact) mass is 458 g/mol. The number of hydrogen-bond acceptors (Lipinski definition) is 3. The number of halogens is 3. The summed E-state index contributed by atoms with van der Waals surface area (Å²) in [5.74, 6) is 1.13. The summed E-state index contributed by atoms with van der Waals surface area (Å²) >= 11 is 0. The fraction of sp³-hybridized carbons (Fsp3) is 0.0769. The second-order valence-electron chi connectivity index (χ2n) is 7.99. The fourth-order valence-electron chi connectivity index (χ4n) is 4.23. The van der Waals surface area contributed by atoms with Crippen LogP contribution in [0.25, 0.3) is 55.6 Å². The molecule has 0 atom stereocenters. The van der Waals surface area contributed by atoms with Crippen molar-refractivity contribution in [1.29, 1.82) is 0 Å². The first-order valence-electron chi connectivity index (χ1n) is 10.5. The minimum absolute atomic E-state index is 0.302. The lowest BCUT2D eigenvalue weighted by Crippen LogP contribution is -2.04. The Hall–Kier alpha value is -4.33. The van der Waals surface area contributed by atoms with Crippen molar-refractivity contribution in [2.75, 3.05) is 7.11 Å². The van der Waals surface area contributed by atoms with E-state index in [9.17, 15) is 13.2 Å². The highest BCUT2D eigenvalue weighted by Crippen LogP contribution is 2.36. The number of rotatable bonds is 3. The Bertz CT molecular complexity index is 1680. The molecular weight excluding hydrogens is 441 g/mol. The molecule has 0 fully saturated rings. The van der Waals surface area contributed by atoms with Gasteiger partial charge in [-0.2, -0.15) is 13.2 Å². The molecule has 0 aliphatic rings. The van der Waals surface area contributed by atoms with E-state index in [1.807, 2.05) is 54.6 Å². The van der Waals surface area contributed by atoms with Gasteiger partial charge in [-0.15, -0.1) is 0 Å². The molecule has 2 N–H and O–H groups in total. The van der Waals surface area contributed by atoms with Gasteiger partial charge in [-0.25, -0.2) is 9.97 Å². The van der Waals surface area contributed by atoms with E-state index < -0.39 is 11.7 Å². The molecule has 5 nitrogen and oxygen atoms in total. The van der Waals surface area contributed by atoms with Crippen LogP contribution < -0.4 is 4.74 Å². The van der Waals surface area contributed by atoms with Crippen molar-refractivity contribution in [2.45, 2.75) is 6.18 Å². The summed E-state index contributed by atoms with van der Waals surface area (Å²) in [5, 5.41) is 1.97. The fourth-order valence-corrected chi connectivity index (χ4v) is 4.23. The molecule has 6 aromatic rings. The minimum Gasteiger partial charge on any atom is -0.497 e. The van der Waals surface area contributed by atoms with E-state index in [2.05, 4.69) is 15.0 Å². The second-order valence-corrected chi connectivity index (χ2v) is 7.99. The van der Waals surface area contributed by atoms with Crippen LogP contribution in [0.2, 0.25) is 0 Å². The molecule has 3 aromatic carbocycles. The van der Waals surface area contributed by atoms with Gasteiger partial charge in [-0.3, -0.25) is 0 Å². The molecule has 3 heterocycles. The van der Waals surface area contributed by atoms with Gasteiger partial charge in [0.2, 0.25) is 0 Å². The van der Waals surface area contributed by atoms with Gasteiger partial charge in [0, 0.05) is 21.9 Å². The molecule has 0 saturated heterocycles. The van der Waals surface area contributed by atoms with Gasteiger partial charge in [0.15, 0.2) is 5.82 Å². The van der Waals surface area contributed by atoms with Crippen LogP contribution in [0.5, 0.6) is 5.75 Å². The maximum absolute atomic E-state index is 13.2. The summed E-state index contributed by atoms with van der Waals surface area (Å²) < 4.78 is 44.8. The number of H-pyrrole nitrogens is 2. The van der Waals surface area contributed by atoms with E-state index in [1.54, 1.807) is 7.11 Å². The molecule has 168 valence electrons. The Morgan fingerprint density at radius 3 is 2.35 bits per heavy atom. The number of alkyl halides is 3. The molecule has 34 heavy (non-hydrogen) atoms. The lowest BCUT2D eigenvalue weighted by molar-refractivity contribution is -0.137. The summed E-state index contributed by atoms with van der Waals surface area (Å²) in [7, 11) is 1.61. The number of aromatic amines is 2. The summed E-state index contributed by atoms with van der Waals surface area (Å²) in [4.78, 5) is 15.9. The lowest BCUT2D eigenvalue weighted by atomic mass is 10.1. The Morgan fingerprint density at radius 2 is 1.59 bits per heavy atom. The number of imidazole rings is 1. The van der Waals surface area contributed by atoms with Crippen LogP contribution in [0.15, 0.2) is 72.8 Å². The second kappa shape index (κ2) is 7.34. The summed E-state index contributed by atoms with van der Waals surface area (Å²) in [6, 6.07) is 20.9. The molecular formula is C26H17F3N4O. The van der Waals surface area contributed by atoms with Crippen LogP contribution in [0.1, 0.15) is 5.56 Å². The molecule has 0 saturated carbocycles. The van der Waals surface area contributed by atoms with Crippen molar-refractivity contribution in [2.24, 2.45) is 0 Å². The van der Waals surface area contributed by atoms with Crippen LogP contribution in [0.3, 0.4) is 0 Å². The average Bonchev–Trinajstić information content (AvgIpc) is 3.44. The van der Waals surface area contributed by atoms with E-state index in [1.165, 1.54) is 6.07 Å². The van der Waals surface area contributed by atoms with Crippen molar-refractivity contribution in [1.82, 2.24) is 19.9 Å². The van der Waals surface area contributed by atoms with Crippen LogP contribution in [-0.2, 0) is 6.18 Å². The molecule has 0 bridgehead atoms. The number of hydrogen-bond donors (Lipinski definition) is 2. The highest BCUT2D eigenvalue weighted by molar-refractivity contribution is 6.12. The number of nitrogens with one attached hydrogen (secondary N) is 2. The lowest BCUT2D eigenvalue weighted by Gasteiger charge is -2.07. The smallest absolute Gasteiger partial charge is 0.416 e. The Balaban J connectivity index is 1.59. The number of benzene rings is 3. The maximum atomic E-state index is 13.2. The topological polar surface area (TPSA) is 66.6 Å². The zero-order valence-electron chi connectivity index (χ0n) is 17.9. The Morgan fingerprint density at radius 1 is 0.794 bits per heavy atom. The van der Waals surface area contributed by atoms with Crippen molar-refractivity contribution >= 4 is 32.8 Å². The number of para-hydroxylation sites is 1. The molecule has 8 heteroatoms. The first-order chi connectivity index (χ1) is 16.4. The Kier molecular flexibility index (Phi) is 4.38. The number of methoxy groups -OCH3 is 1. The van der Waals surface area contributed by atoms with E-state index in [4.69, 9.17) is 9.72 Å². The number of fused-ring (bicyclic) bond motifs is 4. The highest BCUT2D eigenvalue weighted by atomic mass is 19.4. The summed E-state index contributed by atoms with van der Waals surface area (Å²) in [6.45, 7) is 0. The number of pyridine rings is 1. The molecule has 0 amide bonds. The van der Waals surface area contributed by atoms with Crippen LogP contribution in [0, 0.1) is 0 Å². The quantitative estimate of drug-likeness (QED) is 0.301. The van der Waals surface area contributed by atoms with Crippen LogP contribution >= 0.6 is 0 Å². The van der Waals surface area contributed by atoms with Gasteiger partial charge >= 0.3 is 6.18 Å². The molecule has 0 aliphatic carbocycles. The van der Waals surface area contributed by atoms with Gasteiger partial charge in [0.25, 0.3) is 0 Å². The minimum atomic E-state index is -4.43. The van der Waals surface area contributed by atoms with Gasteiger partial charge in [0.05, 0.1) is 34.9 Å². The molecule has 3 aromatic heterocycles.